The minimum Gasteiger partial charge on any atom is -0.329 e. The Balaban J connectivity index is 1.66. The molecule has 0 bridgehead atoms. The Morgan fingerprint density at radius 2 is 1.90 bits per heavy atom. The molecular formula is C18H19F3N4O4. The lowest BCUT2D eigenvalue weighted by Crippen LogP contribution is -2.48. The molecule has 0 saturated carbocycles. The molecule has 11 heteroatoms. The molecule has 1 aromatic rings. The van der Waals surface area contributed by atoms with Crippen molar-refractivity contribution < 1.29 is 32.3 Å². The minimum absolute atomic E-state index is 0.572. The molecule has 2 aliphatic rings. The number of aryl methyl sites for hydroxylation is 2. The summed E-state index contributed by atoms with van der Waals surface area (Å²) < 4.78 is 36.2. The molecule has 8 nitrogen and oxygen atoms in total. The summed E-state index contributed by atoms with van der Waals surface area (Å²) in [6, 6.07) is 3.30. The van der Waals surface area contributed by atoms with Crippen molar-refractivity contribution in [2.45, 2.75) is 37.9 Å². The van der Waals surface area contributed by atoms with Gasteiger partial charge in [-0.2, -0.15) is 13.2 Å². The van der Waals surface area contributed by atoms with Gasteiger partial charge in [0.2, 0.25) is 5.91 Å². The van der Waals surface area contributed by atoms with E-state index in [1.165, 1.54) is 17.8 Å². The SMILES string of the molecule is C[C@]1(c2ccc3c(c2)CCC3)NC(=O)N(CC(=O)NC(=O)NCC(F)(F)F)C1=O. The van der Waals surface area contributed by atoms with Crippen LogP contribution in [0.15, 0.2) is 18.2 Å². The van der Waals surface area contributed by atoms with Crippen molar-refractivity contribution in [3.05, 3.63) is 34.9 Å². The predicted molar refractivity (Wildman–Crippen MR) is 93.7 cm³/mol. The average Bonchev–Trinajstić information content (AvgIpc) is 3.18. The Bertz CT molecular complexity index is 886. The first-order chi connectivity index (χ1) is 13.5. The molecule has 29 heavy (non-hydrogen) atoms. The van der Waals surface area contributed by atoms with Gasteiger partial charge in [-0.1, -0.05) is 18.2 Å². The molecule has 1 saturated heterocycles. The Labute approximate surface area is 163 Å². The van der Waals surface area contributed by atoms with Gasteiger partial charge in [0.15, 0.2) is 0 Å². The second-order valence-electron chi connectivity index (χ2n) is 7.13. The number of fused-ring (bicyclic) bond motifs is 1. The van der Waals surface area contributed by atoms with E-state index in [9.17, 15) is 32.3 Å². The Morgan fingerprint density at radius 1 is 1.21 bits per heavy atom. The van der Waals surface area contributed by atoms with Gasteiger partial charge in [0.25, 0.3) is 5.91 Å². The van der Waals surface area contributed by atoms with Crippen molar-refractivity contribution in [1.82, 2.24) is 20.9 Å². The molecule has 0 spiro atoms. The lowest BCUT2D eigenvalue weighted by atomic mass is 9.89. The van der Waals surface area contributed by atoms with Crippen LogP contribution >= 0.6 is 0 Å². The zero-order valence-electron chi connectivity index (χ0n) is 15.5. The molecule has 1 fully saturated rings. The van der Waals surface area contributed by atoms with E-state index < -0.39 is 48.7 Å². The van der Waals surface area contributed by atoms with Gasteiger partial charge in [-0.3, -0.25) is 19.8 Å². The van der Waals surface area contributed by atoms with E-state index in [4.69, 9.17) is 0 Å². The maximum atomic E-state index is 12.8. The number of halogens is 3. The highest BCUT2D eigenvalue weighted by Crippen LogP contribution is 2.32. The molecule has 156 valence electrons. The number of urea groups is 2. The van der Waals surface area contributed by atoms with E-state index >= 15 is 0 Å². The lowest BCUT2D eigenvalue weighted by Gasteiger charge is -2.23. The van der Waals surface area contributed by atoms with E-state index in [1.54, 1.807) is 11.4 Å². The fourth-order valence-electron chi connectivity index (χ4n) is 3.45. The van der Waals surface area contributed by atoms with Crippen molar-refractivity contribution in [3.63, 3.8) is 0 Å². The third-order valence-corrected chi connectivity index (χ3v) is 4.95. The van der Waals surface area contributed by atoms with E-state index in [0.29, 0.717) is 10.5 Å². The standard InChI is InChI=1S/C18H19F3N4O4/c1-17(12-6-5-10-3-2-4-11(10)7-12)14(27)25(16(29)24-17)8-13(26)23-15(28)22-9-18(19,20)21/h5-7H,2-4,8-9H2,1H3,(H,24,29)(H2,22,23,26,28)/t17-/m1/s1. The summed E-state index contributed by atoms with van der Waals surface area (Å²) >= 11 is 0. The second-order valence-corrected chi connectivity index (χ2v) is 7.13. The lowest BCUT2D eigenvalue weighted by molar-refractivity contribution is -0.134. The van der Waals surface area contributed by atoms with Crippen LogP contribution in [0, 0.1) is 0 Å². The van der Waals surface area contributed by atoms with Crippen molar-refractivity contribution in [2.24, 2.45) is 0 Å². The van der Waals surface area contributed by atoms with Crippen LogP contribution in [-0.2, 0) is 28.0 Å². The number of rotatable bonds is 4. The Kier molecular flexibility index (Phi) is 5.24. The van der Waals surface area contributed by atoms with Crippen LogP contribution in [-0.4, -0.2) is 48.0 Å². The van der Waals surface area contributed by atoms with E-state index in [0.717, 1.165) is 24.8 Å². The van der Waals surface area contributed by atoms with Gasteiger partial charge < -0.3 is 10.6 Å². The summed E-state index contributed by atoms with van der Waals surface area (Å²) in [5.41, 5.74) is 1.48. The molecule has 1 atom stereocenters. The molecule has 1 aromatic carbocycles. The molecule has 6 amide bonds. The fourth-order valence-corrected chi connectivity index (χ4v) is 3.45. The van der Waals surface area contributed by atoms with Gasteiger partial charge in [-0.05, 0) is 42.9 Å². The molecular weight excluding hydrogens is 393 g/mol. The zero-order valence-corrected chi connectivity index (χ0v) is 15.5. The molecule has 3 N–H and O–H groups in total. The normalized spacial score (nSPS) is 21.0. The number of alkyl halides is 3. The summed E-state index contributed by atoms with van der Waals surface area (Å²) in [5.74, 6) is -1.78. The van der Waals surface area contributed by atoms with Crippen molar-refractivity contribution in [2.75, 3.05) is 13.1 Å². The summed E-state index contributed by atoms with van der Waals surface area (Å²) in [6.07, 6.45) is -1.79. The van der Waals surface area contributed by atoms with Crippen molar-refractivity contribution in [3.8, 4) is 0 Å². The summed E-state index contributed by atoms with van der Waals surface area (Å²) in [4.78, 5) is 49.0. The number of nitrogens with one attached hydrogen (secondary N) is 3. The van der Waals surface area contributed by atoms with Gasteiger partial charge >= 0.3 is 18.2 Å². The van der Waals surface area contributed by atoms with Gasteiger partial charge in [0.1, 0.15) is 18.6 Å². The van der Waals surface area contributed by atoms with Crippen LogP contribution in [0.1, 0.15) is 30.0 Å². The third kappa shape index (κ3) is 4.33. The van der Waals surface area contributed by atoms with Crippen molar-refractivity contribution >= 4 is 23.9 Å². The number of amides is 6. The molecule has 1 aliphatic heterocycles. The fraction of sp³-hybridized carbons (Fsp3) is 0.444. The van der Waals surface area contributed by atoms with Gasteiger partial charge in [0, 0.05) is 0 Å². The number of hydrogen-bond donors (Lipinski definition) is 3. The number of carbonyl (C=O) groups is 4. The third-order valence-electron chi connectivity index (χ3n) is 4.95. The average molecular weight is 412 g/mol. The van der Waals surface area contributed by atoms with E-state index in [2.05, 4.69) is 5.32 Å². The first-order valence-corrected chi connectivity index (χ1v) is 8.90. The van der Waals surface area contributed by atoms with Crippen LogP contribution in [0.3, 0.4) is 0 Å². The summed E-state index contributed by atoms with van der Waals surface area (Å²) in [6.45, 7) is -0.909. The Hall–Kier alpha value is -3.11. The minimum atomic E-state index is -4.64. The van der Waals surface area contributed by atoms with Crippen LogP contribution < -0.4 is 16.0 Å². The topological polar surface area (TPSA) is 108 Å². The number of imide groups is 2. The van der Waals surface area contributed by atoms with Gasteiger partial charge in [-0.15, -0.1) is 0 Å². The number of benzene rings is 1. The van der Waals surface area contributed by atoms with Gasteiger partial charge in [-0.25, -0.2) is 9.59 Å². The molecule has 3 rings (SSSR count). The maximum Gasteiger partial charge on any atom is 0.405 e. The molecule has 1 aliphatic carbocycles. The van der Waals surface area contributed by atoms with Crippen LogP contribution in [0.5, 0.6) is 0 Å². The highest BCUT2D eigenvalue weighted by molar-refractivity contribution is 6.10. The summed E-state index contributed by atoms with van der Waals surface area (Å²) in [7, 11) is 0. The number of nitrogens with zero attached hydrogens (tertiary/aromatic N) is 1. The number of carbonyl (C=O) groups excluding carboxylic acids is 4. The predicted octanol–water partition coefficient (Wildman–Crippen LogP) is 1.33. The van der Waals surface area contributed by atoms with Crippen LogP contribution in [0.4, 0.5) is 22.8 Å². The molecule has 0 radical (unpaired) electrons. The largest absolute Gasteiger partial charge is 0.405 e. The molecule has 0 unspecified atom stereocenters. The summed E-state index contributed by atoms with van der Waals surface area (Å²) in [5, 5.41) is 5.68. The zero-order chi connectivity index (χ0) is 21.4. The van der Waals surface area contributed by atoms with Crippen molar-refractivity contribution in [1.29, 1.82) is 0 Å². The molecule has 0 aromatic heterocycles. The first kappa shape index (κ1) is 20.6. The van der Waals surface area contributed by atoms with E-state index in [1.807, 2.05) is 12.1 Å². The highest BCUT2D eigenvalue weighted by Gasteiger charge is 2.49. The van der Waals surface area contributed by atoms with Crippen LogP contribution in [0.2, 0.25) is 0 Å². The monoisotopic (exact) mass is 412 g/mol. The van der Waals surface area contributed by atoms with E-state index in [-0.39, 0.29) is 0 Å². The van der Waals surface area contributed by atoms with Crippen LogP contribution in [0.25, 0.3) is 0 Å². The second kappa shape index (κ2) is 7.37. The quantitative estimate of drug-likeness (QED) is 0.649. The smallest absolute Gasteiger partial charge is 0.329 e. The van der Waals surface area contributed by atoms with Gasteiger partial charge in [0.05, 0.1) is 0 Å². The molecule has 1 heterocycles. The highest BCUT2D eigenvalue weighted by atomic mass is 19.4. The number of hydrogen-bond acceptors (Lipinski definition) is 4. The maximum absolute atomic E-state index is 12.8. The Morgan fingerprint density at radius 3 is 2.59 bits per heavy atom. The first-order valence-electron chi connectivity index (χ1n) is 8.90.